The number of carbonyl (C=O) groups excluding carboxylic acids is 1. The summed E-state index contributed by atoms with van der Waals surface area (Å²) in [6.45, 7) is 6.59. The fraction of sp³-hybridized carbons (Fsp3) is 0.391. The Kier molecular flexibility index (Phi) is 6.61. The van der Waals surface area contributed by atoms with Crippen LogP contribution in [-0.4, -0.2) is 39.9 Å². The topological polar surface area (TPSA) is 50.2 Å². The minimum Gasteiger partial charge on any atom is -0.349 e. The first kappa shape index (κ1) is 21.2. The third-order valence-electron chi connectivity index (χ3n) is 5.60. The Morgan fingerprint density at radius 2 is 2.03 bits per heavy atom. The van der Waals surface area contributed by atoms with Gasteiger partial charge in [-0.2, -0.15) is 5.10 Å². The molecule has 4 rings (SSSR count). The van der Waals surface area contributed by atoms with Crippen molar-refractivity contribution in [3.05, 3.63) is 69.7 Å². The number of benzene rings is 1. The van der Waals surface area contributed by atoms with Crippen molar-refractivity contribution in [1.29, 1.82) is 0 Å². The second kappa shape index (κ2) is 9.37. The van der Waals surface area contributed by atoms with Crippen molar-refractivity contribution >= 4 is 29.0 Å². The molecule has 1 N–H and O–H groups in total. The van der Waals surface area contributed by atoms with Crippen LogP contribution >= 0.6 is 23.1 Å². The highest BCUT2D eigenvalue weighted by molar-refractivity contribution is 7.98. The Labute approximate surface area is 186 Å². The molecule has 7 heteroatoms. The minimum atomic E-state index is -0.117. The van der Waals surface area contributed by atoms with E-state index in [9.17, 15) is 4.79 Å². The smallest absolute Gasteiger partial charge is 0.271 e. The van der Waals surface area contributed by atoms with Crippen molar-refractivity contribution in [3.63, 3.8) is 0 Å². The molecule has 1 unspecified atom stereocenters. The zero-order chi connectivity index (χ0) is 21.1. The minimum absolute atomic E-state index is 0.117. The molecule has 2 aromatic heterocycles. The molecule has 1 aliphatic rings. The van der Waals surface area contributed by atoms with Gasteiger partial charge < -0.3 is 5.32 Å². The first-order valence-corrected chi connectivity index (χ1v) is 12.4. The van der Waals surface area contributed by atoms with E-state index in [-0.39, 0.29) is 18.0 Å². The number of thiophene rings is 1. The van der Waals surface area contributed by atoms with E-state index in [2.05, 4.69) is 71.1 Å². The van der Waals surface area contributed by atoms with E-state index >= 15 is 0 Å². The summed E-state index contributed by atoms with van der Waals surface area (Å²) in [6.07, 6.45) is 5.02. The van der Waals surface area contributed by atoms with Gasteiger partial charge in [0.05, 0.1) is 6.04 Å². The maximum Gasteiger partial charge on any atom is 0.271 e. The number of nitrogens with one attached hydrogen (secondary N) is 1. The molecule has 1 amide bonds. The molecular formula is C23H28N4OS2. The summed E-state index contributed by atoms with van der Waals surface area (Å²) in [5, 5.41) is 9.73. The van der Waals surface area contributed by atoms with Crippen molar-refractivity contribution in [2.24, 2.45) is 0 Å². The van der Waals surface area contributed by atoms with Gasteiger partial charge in [-0.1, -0.05) is 12.1 Å². The molecule has 30 heavy (non-hydrogen) atoms. The molecule has 158 valence electrons. The summed E-state index contributed by atoms with van der Waals surface area (Å²) in [4.78, 5) is 18.0. The van der Waals surface area contributed by atoms with Gasteiger partial charge in [0.2, 0.25) is 0 Å². The molecule has 3 aromatic rings. The summed E-state index contributed by atoms with van der Waals surface area (Å²) < 4.78 is 1.82. The summed E-state index contributed by atoms with van der Waals surface area (Å²) >= 11 is 3.59. The largest absolute Gasteiger partial charge is 0.349 e. The highest BCUT2D eigenvalue weighted by Gasteiger charge is 2.26. The monoisotopic (exact) mass is 440 g/mol. The normalized spacial score (nSPS) is 15.2. The molecule has 0 saturated heterocycles. The van der Waals surface area contributed by atoms with E-state index < -0.39 is 0 Å². The van der Waals surface area contributed by atoms with E-state index in [1.165, 1.54) is 20.9 Å². The lowest BCUT2D eigenvalue weighted by Gasteiger charge is -2.35. The van der Waals surface area contributed by atoms with Gasteiger partial charge in [0.25, 0.3) is 5.91 Å². The molecule has 1 atom stereocenters. The van der Waals surface area contributed by atoms with Crippen LogP contribution in [-0.2, 0) is 13.0 Å². The molecule has 1 aliphatic heterocycles. The average molecular weight is 441 g/mol. The van der Waals surface area contributed by atoms with Gasteiger partial charge in [-0.25, -0.2) is 0 Å². The van der Waals surface area contributed by atoms with Gasteiger partial charge in [0.15, 0.2) is 0 Å². The summed E-state index contributed by atoms with van der Waals surface area (Å²) in [5.74, 6) is -0.117. The van der Waals surface area contributed by atoms with Gasteiger partial charge in [0, 0.05) is 41.6 Å². The second-order valence-corrected chi connectivity index (χ2v) is 9.74. The number of carbonyl (C=O) groups is 1. The van der Waals surface area contributed by atoms with Crippen LogP contribution in [0.4, 0.5) is 0 Å². The van der Waals surface area contributed by atoms with Crippen LogP contribution < -0.4 is 5.32 Å². The molecule has 1 aromatic carbocycles. The Bertz CT molecular complexity index is 993. The van der Waals surface area contributed by atoms with Gasteiger partial charge >= 0.3 is 0 Å². The van der Waals surface area contributed by atoms with Crippen LogP contribution in [0, 0.1) is 0 Å². The van der Waals surface area contributed by atoms with Crippen molar-refractivity contribution in [1.82, 2.24) is 20.0 Å². The van der Waals surface area contributed by atoms with Crippen LogP contribution in [0.3, 0.4) is 0 Å². The lowest BCUT2D eigenvalue weighted by atomic mass is 10.0. The quantitative estimate of drug-likeness (QED) is 0.538. The number of rotatable bonds is 7. The van der Waals surface area contributed by atoms with Crippen LogP contribution in [0.1, 0.15) is 52.4 Å². The van der Waals surface area contributed by atoms with E-state index in [1.807, 2.05) is 22.2 Å². The number of hydrogen-bond donors (Lipinski definition) is 1. The van der Waals surface area contributed by atoms with Crippen molar-refractivity contribution in [3.8, 4) is 0 Å². The highest BCUT2D eigenvalue weighted by atomic mass is 32.2. The van der Waals surface area contributed by atoms with Gasteiger partial charge in [-0.05, 0) is 67.3 Å². The molecule has 0 spiro atoms. The predicted octanol–water partition coefficient (Wildman–Crippen LogP) is 4.78. The second-order valence-electron chi connectivity index (χ2n) is 7.86. The number of hydrogen-bond acceptors (Lipinski definition) is 5. The third-order valence-corrected chi connectivity index (χ3v) is 7.37. The number of thioether (sulfide) groups is 1. The zero-order valence-electron chi connectivity index (χ0n) is 17.7. The molecule has 5 nitrogen and oxygen atoms in total. The first-order chi connectivity index (χ1) is 14.5. The van der Waals surface area contributed by atoms with Gasteiger partial charge in [-0.15, -0.1) is 23.1 Å². The van der Waals surface area contributed by atoms with Crippen LogP contribution in [0.15, 0.2) is 52.9 Å². The van der Waals surface area contributed by atoms with Crippen molar-refractivity contribution in [2.75, 3.05) is 19.3 Å². The number of aromatic nitrogens is 2. The summed E-state index contributed by atoms with van der Waals surface area (Å²) in [7, 11) is 0. The third kappa shape index (κ3) is 4.63. The highest BCUT2D eigenvalue weighted by Crippen LogP contribution is 2.31. The summed E-state index contributed by atoms with van der Waals surface area (Å²) in [6, 6.07) is 13.1. The standard InChI is InChI=1S/C23H28N4OS2/c1-16(2)27-12-8-20(25-27)23(28)24-14-21(17-4-6-19(29-3)7-5-17)26-11-9-22-18(15-26)10-13-30-22/h4-8,10,12-13,16,21H,9,11,14-15H2,1-3H3,(H,24,28). The maximum atomic E-state index is 12.7. The van der Waals surface area contributed by atoms with Crippen LogP contribution in [0.5, 0.6) is 0 Å². The number of amides is 1. The van der Waals surface area contributed by atoms with E-state index in [0.29, 0.717) is 12.2 Å². The molecule has 0 aliphatic carbocycles. The lowest BCUT2D eigenvalue weighted by molar-refractivity contribution is 0.0922. The first-order valence-electron chi connectivity index (χ1n) is 10.3. The fourth-order valence-corrected chi connectivity index (χ4v) is 5.14. The Hall–Kier alpha value is -2.09. The van der Waals surface area contributed by atoms with Crippen LogP contribution in [0.25, 0.3) is 0 Å². The molecular weight excluding hydrogens is 412 g/mol. The Balaban J connectivity index is 1.51. The Morgan fingerprint density at radius 3 is 2.73 bits per heavy atom. The molecule has 0 radical (unpaired) electrons. The van der Waals surface area contributed by atoms with E-state index in [1.54, 1.807) is 17.8 Å². The van der Waals surface area contributed by atoms with Crippen molar-refractivity contribution < 1.29 is 4.79 Å². The number of nitrogens with zero attached hydrogens (tertiary/aromatic N) is 3. The lowest BCUT2D eigenvalue weighted by Crippen LogP contribution is -2.40. The SMILES string of the molecule is CSc1ccc(C(CNC(=O)c2ccn(C(C)C)n2)N2CCc3sccc3C2)cc1. The van der Waals surface area contributed by atoms with E-state index in [4.69, 9.17) is 0 Å². The van der Waals surface area contributed by atoms with Gasteiger partial charge in [0.1, 0.15) is 5.69 Å². The van der Waals surface area contributed by atoms with Crippen LogP contribution in [0.2, 0.25) is 0 Å². The van der Waals surface area contributed by atoms with E-state index in [0.717, 1.165) is 19.5 Å². The molecule has 0 saturated carbocycles. The molecule has 0 fully saturated rings. The van der Waals surface area contributed by atoms with Crippen molar-refractivity contribution in [2.45, 2.75) is 43.8 Å². The molecule has 3 heterocycles. The average Bonchev–Trinajstić information content (AvgIpc) is 3.43. The predicted molar refractivity (Wildman–Crippen MR) is 124 cm³/mol. The zero-order valence-corrected chi connectivity index (χ0v) is 19.3. The number of fused-ring (bicyclic) bond motifs is 1. The molecule has 0 bridgehead atoms. The fourth-order valence-electron chi connectivity index (χ4n) is 3.85. The van der Waals surface area contributed by atoms with Gasteiger partial charge in [-0.3, -0.25) is 14.4 Å². The summed E-state index contributed by atoms with van der Waals surface area (Å²) in [5.41, 5.74) is 3.12. The Morgan fingerprint density at radius 1 is 1.23 bits per heavy atom. The maximum absolute atomic E-state index is 12.7.